The number of carbonyl (C=O) groups excluding carboxylic acids is 3. The van der Waals surface area contributed by atoms with Crippen molar-refractivity contribution in [3.05, 3.63) is 46.5 Å². The van der Waals surface area contributed by atoms with Crippen molar-refractivity contribution in [2.45, 2.75) is 24.8 Å². The highest BCUT2D eigenvalue weighted by molar-refractivity contribution is 7.99. The molecule has 1 N–H and O–H groups in total. The topological polar surface area (TPSA) is 88.8 Å². The highest BCUT2D eigenvalue weighted by atomic mass is 32.2. The maximum Gasteiger partial charge on any atom is 0.330 e. The van der Waals surface area contributed by atoms with Gasteiger partial charge in [0.1, 0.15) is 17.2 Å². The quantitative estimate of drug-likeness (QED) is 0.707. The summed E-state index contributed by atoms with van der Waals surface area (Å²) in [5, 5.41) is 4.34. The Morgan fingerprint density at radius 2 is 2.19 bits per heavy atom. The SMILES string of the molecule is CC(=O)N1[C@@H](c2ccco2)SC[C@H]1C(=O)OCC(=O)NCCc1cccs1. The molecule has 1 saturated heterocycles. The van der Waals surface area contributed by atoms with E-state index in [1.54, 1.807) is 23.5 Å². The molecule has 0 aliphatic carbocycles. The molecule has 9 heteroatoms. The van der Waals surface area contributed by atoms with Crippen LogP contribution in [0.5, 0.6) is 0 Å². The lowest BCUT2D eigenvalue weighted by Crippen LogP contribution is -2.43. The van der Waals surface area contributed by atoms with Crippen LogP contribution in [0, 0.1) is 0 Å². The highest BCUT2D eigenvalue weighted by Gasteiger charge is 2.43. The van der Waals surface area contributed by atoms with E-state index in [2.05, 4.69) is 5.32 Å². The fraction of sp³-hybridized carbons (Fsp3) is 0.389. The zero-order valence-corrected chi connectivity index (χ0v) is 16.4. The molecule has 3 heterocycles. The largest absolute Gasteiger partial charge is 0.466 e. The second kappa shape index (κ2) is 9.09. The normalized spacial score (nSPS) is 19.1. The van der Waals surface area contributed by atoms with Crippen LogP contribution in [-0.4, -0.2) is 47.6 Å². The number of thioether (sulfide) groups is 1. The number of ether oxygens (including phenoxy) is 1. The number of nitrogens with one attached hydrogen (secondary N) is 1. The summed E-state index contributed by atoms with van der Waals surface area (Å²) in [6.07, 6.45) is 2.26. The van der Waals surface area contributed by atoms with Gasteiger partial charge in [-0.15, -0.1) is 23.1 Å². The van der Waals surface area contributed by atoms with E-state index in [0.29, 0.717) is 18.1 Å². The molecule has 0 radical (unpaired) electrons. The molecule has 0 spiro atoms. The van der Waals surface area contributed by atoms with Crippen LogP contribution in [0.3, 0.4) is 0 Å². The second-order valence-corrected chi connectivity index (χ2v) is 8.08. The van der Waals surface area contributed by atoms with Crippen LogP contribution in [0.25, 0.3) is 0 Å². The molecule has 0 unspecified atom stereocenters. The van der Waals surface area contributed by atoms with Gasteiger partial charge in [-0.2, -0.15) is 0 Å². The van der Waals surface area contributed by atoms with E-state index in [-0.39, 0.29) is 23.8 Å². The number of hydrogen-bond donors (Lipinski definition) is 1. The zero-order valence-electron chi connectivity index (χ0n) is 14.8. The first-order valence-electron chi connectivity index (χ1n) is 8.46. The Bertz CT molecular complexity index is 776. The van der Waals surface area contributed by atoms with Crippen LogP contribution in [0.4, 0.5) is 0 Å². The van der Waals surface area contributed by atoms with Crippen LogP contribution >= 0.6 is 23.1 Å². The van der Waals surface area contributed by atoms with Gasteiger partial charge in [0.25, 0.3) is 5.91 Å². The molecular formula is C18H20N2O5S2. The number of furan rings is 1. The highest BCUT2D eigenvalue weighted by Crippen LogP contribution is 2.41. The summed E-state index contributed by atoms with van der Waals surface area (Å²) in [7, 11) is 0. The number of rotatable bonds is 7. The van der Waals surface area contributed by atoms with Crippen molar-refractivity contribution in [3.63, 3.8) is 0 Å². The average molecular weight is 409 g/mol. The molecule has 2 aromatic rings. The van der Waals surface area contributed by atoms with Crippen molar-refractivity contribution < 1.29 is 23.5 Å². The Kier molecular flexibility index (Phi) is 6.57. The lowest BCUT2D eigenvalue weighted by Gasteiger charge is -2.25. The Morgan fingerprint density at radius 3 is 2.85 bits per heavy atom. The average Bonchev–Trinajstić information content (AvgIpc) is 3.39. The third-order valence-electron chi connectivity index (χ3n) is 4.04. The molecule has 1 aliphatic rings. The maximum atomic E-state index is 12.4. The van der Waals surface area contributed by atoms with E-state index in [9.17, 15) is 14.4 Å². The Morgan fingerprint density at radius 1 is 1.33 bits per heavy atom. The first kappa shape index (κ1) is 19.5. The summed E-state index contributed by atoms with van der Waals surface area (Å²) in [5.74, 6) is -0.188. The van der Waals surface area contributed by atoms with Crippen molar-refractivity contribution in [3.8, 4) is 0 Å². The smallest absolute Gasteiger partial charge is 0.330 e. The summed E-state index contributed by atoms with van der Waals surface area (Å²) >= 11 is 3.06. The second-order valence-electron chi connectivity index (χ2n) is 5.93. The lowest BCUT2D eigenvalue weighted by atomic mass is 10.2. The molecule has 27 heavy (non-hydrogen) atoms. The molecule has 0 saturated carbocycles. The predicted octanol–water partition coefficient (Wildman–Crippen LogP) is 2.21. The van der Waals surface area contributed by atoms with E-state index < -0.39 is 12.0 Å². The third kappa shape index (κ3) is 4.92. The fourth-order valence-electron chi connectivity index (χ4n) is 2.79. The Balaban J connectivity index is 1.48. The van der Waals surface area contributed by atoms with Crippen molar-refractivity contribution in [2.75, 3.05) is 18.9 Å². The molecule has 144 valence electrons. The van der Waals surface area contributed by atoms with Crippen LogP contribution in [0.2, 0.25) is 0 Å². The number of carbonyl (C=O) groups is 3. The minimum absolute atomic E-state index is 0.247. The van der Waals surface area contributed by atoms with Gasteiger partial charge in [0.15, 0.2) is 6.61 Å². The van der Waals surface area contributed by atoms with Gasteiger partial charge in [0.05, 0.1) is 6.26 Å². The van der Waals surface area contributed by atoms with Gasteiger partial charge in [0, 0.05) is 24.1 Å². The van der Waals surface area contributed by atoms with Crippen molar-refractivity contribution in [1.29, 1.82) is 0 Å². The minimum Gasteiger partial charge on any atom is -0.466 e. The fourth-order valence-corrected chi connectivity index (χ4v) is 4.91. The predicted molar refractivity (Wildman–Crippen MR) is 102 cm³/mol. The van der Waals surface area contributed by atoms with E-state index in [4.69, 9.17) is 9.15 Å². The van der Waals surface area contributed by atoms with Gasteiger partial charge in [-0.05, 0) is 30.0 Å². The van der Waals surface area contributed by atoms with E-state index in [1.165, 1.54) is 34.7 Å². The van der Waals surface area contributed by atoms with E-state index >= 15 is 0 Å². The molecule has 2 atom stereocenters. The third-order valence-corrected chi connectivity index (χ3v) is 6.26. The number of amides is 2. The first-order valence-corrected chi connectivity index (χ1v) is 10.4. The molecular weight excluding hydrogens is 388 g/mol. The minimum atomic E-state index is -0.735. The van der Waals surface area contributed by atoms with Gasteiger partial charge in [-0.1, -0.05) is 6.07 Å². The molecule has 1 aliphatic heterocycles. The van der Waals surface area contributed by atoms with E-state index in [0.717, 1.165) is 6.42 Å². The molecule has 0 bridgehead atoms. The van der Waals surface area contributed by atoms with Crippen LogP contribution in [-0.2, 0) is 25.5 Å². The molecule has 3 rings (SSSR count). The van der Waals surface area contributed by atoms with Gasteiger partial charge in [-0.3, -0.25) is 9.59 Å². The first-order chi connectivity index (χ1) is 13.1. The number of esters is 1. The standard InChI is InChI=1S/C18H20N2O5S2/c1-12(21)20-14(11-27-17(20)15-5-2-8-24-15)18(23)25-10-16(22)19-7-6-13-4-3-9-26-13/h2-5,8-9,14,17H,6-7,10-11H2,1H3,(H,19,22)/t14-,17+/m0/s1. The number of nitrogens with zero attached hydrogens (tertiary/aromatic N) is 1. The molecule has 2 amide bonds. The monoisotopic (exact) mass is 408 g/mol. The summed E-state index contributed by atoms with van der Waals surface area (Å²) < 4.78 is 10.5. The maximum absolute atomic E-state index is 12.4. The zero-order chi connectivity index (χ0) is 19.2. The summed E-state index contributed by atoms with van der Waals surface area (Å²) in [6, 6.07) is 6.73. The van der Waals surface area contributed by atoms with Gasteiger partial charge in [-0.25, -0.2) is 4.79 Å². The Hall–Kier alpha value is -2.26. The number of thiophene rings is 1. The summed E-state index contributed by atoms with van der Waals surface area (Å²) in [5.41, 5.74) is 0. The van der Waals surface area contributed by atoms with Gasteiger partial charge < -0.3 is 19.4 Å². The van der Waals surface area contributed by atoms with Crippen LogP contribution in [0.1, 0.15) is 22.9 Å². The molecule has 1 fully saturated rings. The van der Waals surface area contributed by atoms with Crippen LogP contribution < -0.4 is 5.32 Å². The van der Waals surface area contributed by atoms with Crippen molar-refractivity contribution in [2.24, 2.45) is 0 Å². The summed E-state index contributed by atoms with van der Waals surface area (Å²) in [4.78, 5) is 38.9. The van der Waals surface area contributed by atoms with Crippen LogP contribution in [0.15, 0.2) is 40.3 Å². The molecule has 0 aromatic carbocycles. The van der Waals surface area contributed by atoms with Crippen molar-refractivity contribution in [1.82, 2.24) is 10.2 Å². The molecule has 2 aromatic heterocycles. The lowest BCUT2D eigenvalue weighted by molar-refractivity contribution is -0.156. The van der Waals surface area contributed by atoms with E-state index in [1.807, 2.05) is 17.5 Å². The Labute approximate surface area is 165 Å². The molecule has 7 nitrogen and oxygen atoms in total. The van der Waals surface area contributed by atoms with Crippen molar-refractivity contribution >= 4 is 40.9 Å². The number of hydrogen-bond acceptors (Lipinski definition) is 7. The van der Waals surface area contributed by atoms with Gasteiger partial charge in [0.2, 0.25) is 5.91 Å². The van der Waals surface area contributed by atoms with Gasteiger partial charge >= 0.3 is 5.97 Å². The summed E-state index contributed by atoms with van der Waals surface area (Å²) in [6.45, 7) is 1.53.